The van der Waals surface area contributed by atoms with Gasteiger partial charge in [-0.25, -0.2) is 4.98 Å². The van der Waals surface area contributed by atoms with Gasteiger partial charge in [-0.3, -0.25) is 0 Å². The number of rotatable bonds is 5. The van der Waals surface area contributed by atoms with Crippen molar-refractivity contribution in [3.05, 3.63) is 23.7 Å². The highest BCUT2D eigenvalue weighted by atomic mass is 32.1. The molecule has 1 aliphatic heterocycles. The van der Waals surface area contributed by atoms with Gasteiger partial charge in [-0.15, -0.1) is 11.3 Å². The highest BCUT2D eigenvalue weighted by Crippen LogP contribution is 2.26. The van der Waals surface area contributed by atoms with Crippen molar-refractivity contribution in [2.24, 2.45) is 5.92 Å². The number of nitrogens with one attached hydrogen (secondary N) is 1. The van der Waals surface area contributed by atoms with Gasteiger partial charge in [0.1, 0.15) is 0 Å². The van der Waals surface area contributed by atoms with Gasteiger partial charge in [-0.05, 0) is 69.9 Å². The number of anilines is 1. The van der Waals surface area contributed by atoms with E-state index >= 15 is 0 Å². The van der Waals surface area contributed by atoms with Crippen molar-refractivity contribution in [1.29, 1.82) is 0 Å². The average Bonchev–Trinajstić information content (AvgIpc) is 2.96. The quantitative estimate of drug-likeness (QED) is 0.896. The lowest BCUT2D eigenvalue weighted by Crippen LogP contribution is -2.39. The van der Waals surface area contributed by atoms with Crippen molar-refractivity contribution in [2.45, 2.75) is 39.2 Å². The third-order valence-corrected chi connectivity index (χ3v) is 5.40. The zero-order valence-electron chi connectivity index (χ0n) is 13.0. The molecule has 1 atom stereocenters. The van der Waals surface area contributed by atoms with Crippen LogP contribution >= 0.6 is 11.3 Å². The van der Waals surface area contributed by atoms with Crippen molar-refractivity contribution < 1.29 is 0 Å². The van der Waals surface area contributed by atoms with Gasteiger partial charge in [-0.2, -0.15) is 0 Å². The molecule has 1 aromatic carbocycles. The van der Waals surface area contributed by atoms with Crippen LogP contribution in [0.1, 0.15) is 33.1 Å². The highest BCUT2D eigenvalue weighted by Gasteiger charge is 2.23. The van der Waals surface area contributed by atoms with E-state index in [0.29, 0.717) is 6.04 Å². The first-order valence-electron chi connectivity index (χ1n) is 8.08. The minimum Gasteiger partial charge on any atom is -0.382 e. The number of piperidine rings is 1. The molecular weight excluding hydrogens is 278 g/mol. The van der Waals surface area contributed by atoms with E-state index < -0.39 is 0 Å². The Labute approximate surface area is 131 Å². The van der Waals surface area contributed by atoms with Gasteiger partial charge >= 0.3 is 0 Å². The maximum Gasteiger partial charge on any atom is 0.0813 e. The molecule has 1 saturated heterocycles. The third-order valence-electron chi connectivity index (χ3n) is 4.60. The summed E-state index contributed by atoms with van der Waals surface area (Å²) in [6, 6.07) is 7.05. The zero-order valence-corrected chi connectivity index (χ0v) is 13.8. The summed E-state index contributed by atoms with van der Waals surface area (Å²) in [6.07, 6.45) is 3.90. The Hall–Kier alpha value is -1.13. The SMILES string of the molecule is CCCN1CCC(C(C)Nc2ccc3ncsc3c2)CC1. The lowest BCUT2D eigenvalue weighted by atomic mass is 9.90. The van der Waals surface area contributed by atoms with Crippen LogP contribution in [0.5, 0.6) is 0 Å². The van der Waals surface area contributed by atoms with Gasteiger partial charge in [0.15, 0.2) is 0 Å². The number of benzene rings is 1. The van der Waals surface area contributed by atoms with Gasteiger partial charge in [0.2, 0.25) is 0 Å². The van der Waals surface area contributed by atoms with Crippen molar-refractivity contribution >= 4 is 27.2 Å². The van der Waals surface area contributed by atoms with E-state index in [1.54, 1.807) is 11.3 Å². The molecule has 0 bridgehead atoms. The predicted molar refractivity (Wildman–Crippen MR) is 92.2 cm³/mol. The molecule has 1 aliphatic rings. The largest absolute Gasteiger partial charge is 0.382 e. The van der Waals surface area contributed by atoms with Crippen molar-refractivity contribution in [3.63, 3.8) is 0 Å². The predicted octanol–water partition coefficient (Wildman–Crippen LogP) is 4.22. The summed E-state index contributed by atoms with van der Waals surface area (Å²) in [6.45, 7) is 8.39. The summed E-state index contributed by atoms with van der Waals surface area (Å²) >= 11 is 1.71. The Morgan fingerprint density at radius 2 is 2.19 bits per heavy atom. The molecule has 0 amide bonds. The number of hydrogen-bond donors (Lipinski definition) is 1. The second kappa shape index (κ2) is 6.75. The van der Waals surface area contributed by atoms with E-state index in [2.05, 4.69) is 47.2 Å². The molecule has 3 nitrogen and oxygen atoms in total. The molecule has 0 aliphatic carbocycles. The molecule has 1 fully saturated rings. The Bertz CT molecular complexity index is 572. The van der Waals surface area contributed by atoms with Crippen LogP contribution in [-0.2, 0) is 0 Å². The number of hydrogen-bond acceptors (Lipinski definition) is 4. The Balaban J connectivity index is 1.57. The van der Waals surface area contributed by atoms with Crippen LogP contribution in [0.4, 0.5) is 5.69 Å². The van der Waals surface area contributed by atoms with Crippen LogP contribution in [-0.4, -0.2) is 35.6 Å². The maximum absolute atomic E-state index is 4.34. The van der Waals surface area contributed by atoms with E-state index in [1.807, 2.05) is 5.51 Å². The lowest BCUT2D eigenvalue weighted by molar-refractivity contribution is 0.176. The number of likely N-dealkylation sites (tertiary alicyclic amines) is 1. The minimum absolute atomic E-state index is 0.541. The first kappa shape index (κ1) is 14.8. The number of nitrogens with zero attached hydrogens (tertiary/aromatic N) is 2. The van der Waals surface area contributed by atoms with Crippen molar-refractivity contribution in [2.75, 3.05) is 25.0 Å². The zero-order chi connectivity index (χ0) is 14.7. The molecule has 0 radical (unpaired) electrons. The summed E-state index contributed by atoms with van der Waals surface area (Å²) < 4.78 is 1.27. The topological polar surface area (TPSA) is 28.2 Å². The number of fused-ring (bicyclic) bond motifs is 1. The van der Waals surface area contributed by atoms with Crippen molar-refractivity contribution in [1.82, 2.24) is 9.88 Å². The normalized spacial score (nSPS) is 19.0. The highest BCUT2D eigenvalue weighted by molar-refractivity contribution is 7.16. The smallest absolute Gasteiger partial charge is 0.0813 e. The number of aromatic nitrogens is 1. The summed E-state index contributed by atoms with van der Waals surface area (Å²) in [4.78, 5) is 6.94. The van der Waals surface area contributed by atoms with Crippen LogP contribution in [0.15, 0.2) is 23.7 Å². The standard InChI is InChI=1S/C17H25N3S/c1-3-8-20-9-6-14(7-10-20)13(2)19-15-4-5-16-17(11-15)21-12-18-16/h4-5,11-14,19H,3,6-10H2,1-2H3. The monoisotopic (exact) mass is 303 g/mol. The molecule has 4 heteroatoms. The average molecular weight is 303 g/mol. The number of thiazole rings is 1. The summed E-state index contributed by atoms with van der Waals surface area (Å²) in [5, 5.41) is 3.70. The third kappa shape index (κ3) is 3.55. The van der Waals surface area contributed by atoms with Gasteiger partial charge < -0.3 is 10.2 Å². The van der Waals surface area contributed by atoms with Crippen LogP contribution in [0, 0.1) is 5.92 Å². The molecule has 1 unspecified atom stereocenters. The molecule has 0 spiro atoms. The van der Waals surface area contributed by atoms with E-state index in [4.69, 9.17) is 0 Å². The molecule has 1 N–H and O–H groups in total. The van der Waals surface area contributed by atoms with Gasteiger partial charge in [0.25, 0.3) is 0 Å². The minimum atomic E-state index is 0.541. The molecule has 114 valence electrons. The second-order valence-electron chi connectivity index (χ2n) is 6.15. The first-order valence-corrected chi connectivity index (χ1v) is 8.96. The first-order chi connectivity index (χ1) is 10.3. The van der Waals surface area contributed by atoms with Gasteiger partial charge in [0, 0.05) is 11.7 Å². The lowest BCUT2D eigenvalue weighted by Gasteiger charge is -2.35. The Morgan fingerprint density at radius 1 is 1.38 bits per heavy atom. The fourth-order valence-electron chi connectivity index (χ4n) is 3.32. The van der Waals surface area contributed by atoms with Crippen LogP contribution < -0.4 is 5.32 Å². The summed E-state index contributed by atoms with van der Waals surface area (Å²) in [5.41, 5.74) is 4.25. The molecule has 1 aromatic heterocycles. The van der Waals surface area contributed by atoms with Crippen LogP contribution in [0.3, 0.4) is 0 Å². The van der Waals surface area contributed by atoms with Gasteiger partial charge in [0.05, 0.1) is 15.7 Å². The molecule has 3 rings (SSSR count). The Morgan fingerprint density at radius 3 is 2.95 bits per heavy atom. The summed E-state index contributed by atoms with van der Waals surface area (Å²) in [5.74, 6) is 0.787. The van der Waals surface area contributed by atoms with E-state index in [9.17, 15) is 0 Å². The molecule has 21 heavy (non-hydrogen) atoms. The second-order valence-corrected chi connectivity index (χ2v) is 7.03. The Kier molecular flexibility index (Phi) is 4.76. The molecule has 2 heterocycles. The molecular formula is C17H25N3S. The van der Waals surface area contributed by atoms with E-state index in [0.717, 1.165) is 11.4 Å². The molecule has 0 saturated carbocycles. The maximum atomic E-state index is 4.34. The summed E-state index contributed by atoms with van der Waals surface area (Å²) in [7, 11) is 0. The van der Waals surface area contributed by atoms with Crippen LogP contribution in [0.25, 0.3) is 10.2 Å². The fourth-order valence-corrected chi connectivity index (χ4v) is 4.03. The van der Waals surface area contributed by atoms with E-state index in [1.165, 1.54) is 49.3 Å². The van der Waals surface area contributed by atoms with E-state index in [-0.39, 0.29) is 0 Å². The van der Waals surface area contributed by atoms with Crippen molar-refractivity contribution in [3.8, 4) is 0 Å². The van der Waals surface area contributed by atoms with Gasteiger partial charge in [-0.1, -0.05) is 6.92 Å². The molecule has 2 aromatic rings. The van der Waals surface area contributed by atoms with Crippen LogP contribution in [0.2, 0.25) is 0 Å². The fraction of sp³-hybridized carbons (Fsp3) is 0.588.